The Balaban J connectivity index is 2.47. The number of hydrogen-bond acceptors (Lipinski definition) is 2. The Morgan fingerprint density at radius 1 is 1.25 bits per heavy atom. The van der Waals surface area contributed by atoms with Crippen LogP contribution in [0.4, 0.5) is 0 Å². The molecule has 0 aliphatic heterocycles. The molecule has 0 spiro atoms. The number of ether oxygens (including phenoxy) is 1. The zero-order chi connectivity index (χ0) is 9.03. The zero-order valence-corrected chi connectivity index (χ0v) is 7.93. The van der Waals surface area contributed by atoms with E-state index in [1.165, 1.54) is 32.1 Å². The van der Waals surface area contributed by atoms with E-state index in [4.69, 9.17) is 4.74 Å². The largest absolute Gasteiger partial charge is 0.451 e. The van der Waals surface area contributed by atoms with Gasteiger partial charge in [0.05, 0.1) is 0 Å². The number of carbonyl (C=O) groups excluding carboxylic acids is 1. The summed E-state index contributed by atoms with van der Waals surface area (Å²) in [6, 6.07) is 0. The van der Waals surface area contributed by atoms with Gasteiger partial charge in [0.1, 0.15) is 5.60 Å². The van der Waals surface area contributed by atoms with Gasteiger partial charge in [-0.15, -0.1) is 0 Å². The second-order valence-electron chi connectivity index (χ2n) is 4.12. The summed E-state index contributed by atoms with van der Waals surface area (Å²) < 4.78 is 4.96. The highest BCUT2D eigenvalue weighted by molar-refractivity contribution is 5.39. The Hall–Kier alpha value is -0.530. The van der Waals surface area contributed by atoms with Gasteiger partial charge in [0, 0.05) is 0 Å². The van der Waals surface area contributed by atoms with E-state index < -0.39 is 0 Å². The Morgan fingerprint density at radius 2 is 1.83 bits per heavy atom. The Morgan fingerprint density at radius 3 is 2.33 bits per heavy atom. The molecule has 2 nitrogen and oxygen atoms in total. The van der Waals surface area contributed by atoms with E-state index in [-0.39, 0.29) is 5.60 Å². The Labute approximate surface area is 74.3 Å². The monoisotopic (exact) mass is 169 g/mol. The molecule has 12 heavy (non-hydrogen) atoms. The predicted molar refractivity (Wildman–Crippen MR) is 47.4 cm³/mol. The van der Waals surface area contributed by atoms with Gasteiger partial charge in [0.2, 0.25) is 0 Å². The van der Waals surface area contributed by atoms with Gasteiger partial charge in [-0.2, -0.15) is 0 Å². The first-order valence-corrected chi connectivity index (χ1v) is 4.72. The van der Waals surface area contributed by atoms with E-state index >= 15 is 0 Å². The van der Waals surface area contributed by atoms with Crippen molar-refractivity contribution < 1.29 is 9.53 Å². The molecule has 1 radical (unpaired) electrons. The lowest BCUT2D eigenvalue weighted by molar-refractivity contribution is 0.0112. The van der Waals surface area contributed by atoms with E-state index in [1.54, 1.807) is 6.47 Å². The van der Waals surface area contributed by atoms with Crippen LogP contribution in [0.3, 0.4) is 0 Å². The molecule has 0 N–H and O–H groups in total. The van der Waals surface area contributed by atoms with Crippen LogP contribution < -0.4 is 0 Å². The van der Waals surface area contributed by atoms with Crippen molar-refractivity contribution in [2.75, 3.05) is 0 Å². The van der Waals surface area contributed by atoms with Crippen LogP contribution in [-0.4, -0.2) is 12.1 Å². The van der Waals surface area contributed by atoms with Crippen LogP contribution in [0.2, 0.25) is 0 Å². The molecular formula is C10H17O2. The fraction of sp³-hybridized carbons (Fsp3) is 0.900. The molecular weight excluding hydrogens is 152 g/mol. The van der Waals surface area contributed by atoms with Crippen LogP contribution in [0.1, 0.15) is 46.0 Å². The Bertz CT molecular complexity index is 146. The van der Waals surface area contributed by atoms with E-state index in [1.807, 2.05) is 13.8 Å². The molecule has 0 aromatic rings. The third-order valence-corrected chi connectivity index (χ3v) is 2.89. The van der Waals surface area contributed by atoms with Crippen LogP contribution in [0, 0.1) is 5.92 Å². The SMILES string of the molecule is CC(C)(O[C]=O)C1CCCCC1. The van der Waals surface area contributed by atoms with Crippen molar-refractivity contribution in [2.45, 2.75) is 51.6 Å². The van der Waals surface area contributed by atoms with Crippen molar-refractivity contribution in [1.82, 2.24) is 0 Å². The molecule has 0 saturated heterocycles. The van der Waals surface area contributed by atoms with Gasteiger partial charge in [-0.05, 0) is 32.6 Å². The molecule has 2 heteroatoms. The summed E-state index contributed by atoms with van der Waals surface area (Å²) in [5.41, 5.74) is -0.303. The molecule has 0 amide bonds. The van der Waals surface area contributed by atoms with E-state index in [2.05, 4.69) is 0 Å². The van der Waals surface area contributed by atoms with E-state index in [9.17, 15) is 4.79 Å². The highest BCUT2D eigenvalue weighted by Gasteiger charge is 2.32. The number of hydrogen-bond donors (Lipinski definition) is 0. The zero-order valence-electron chi connectivity index (χ0n) is 7.93. The van der Waals surface area contributed by atoms with Gasteiger partial charge in [-0.25, -0.2) is 4.79 Å². The van der Waals surface area contributed by atoms with Crippen molar-refractivity contribution in [1.29, 1.82) is 0 Å². The molecule has 0 bridgehead atoms. The maximum atomic E-state index is 10.1. The molecule has 1 rings (SSSR count). The lowest BCUT2D eigenvalue weighted by Gasteiger charge is -2.34. The van der Waals surface area contributed by atoms with Crippen molar-refractivity contribution >= 4 is 6.47 Å². The van der Waals surface area contributed by atoms with Gasteiger partial charge in [-0.1, -0.05) is 19.3 Å². The van der Waals surface area contributed by atoms with Crippen LogP contribution >= 0.6 is 0 Å². The minimum Gasteiger partial charge on any atom is -0.451 e. The van der Waals surface area contributed by atoms with E-state index in [0.717, 1.165) is 0 Å². The highest BCUT2D eigenvalue weighted by Crippen LogP contribution is 2.34. The first kappa shape index (κ1) is 9.56. The first-order valence-electron chi connectivity index (χ1n) is 4.72. The summed E-state index contributed by atoms with van der Waals surface area (Å²) in [5.74, 6) is 0.535. The standard InChI is InChI=1S/C10H17O2/c1-10(2,12-8-11)9-6-4-3-5-7-9/h9H,3-7H2,1-2H3. The summed E-state index contributed by atoms with van der Waals surface area (Å²) >= 11 is 0. The van der Waals surface area contributed by atoms with Crippen LogP contribution in [0.5, 0.6) is 0 Å². The predicted octanol–water partition coefficient (Wildman–Crippen LogP) is 2.43. The number of rotatable bonds is 3. The maximum Gasteiger partial charge on any atom is 0.418 e. The fourth-order valence-corrected chi connectivity index (χ4v) is 1.99. The van der Waals surface area contributed by atoms with Gasteiger partial charge in [0.25, 0.3) is 0 Å². The molecule has 1 fully saturated rings. The lowest BCUT2D eigenvalue weighted by atomic mass is 9.79. The fourth-order valence-electron chi connectivity index (χ4n) is 1.99. The van der Waals surface area contributed by atoms with Crippen LogP contribution in [0.25, 0.3) is 0 Å². The van der Waals surface area contributed by atoms with Crippen molar-refractivity contribution in [3.05, 3.63) is 0 Å². The summed E-state index contributed by atoms with van der Waals surface area (Å²) in [6.45, 7) is 5.52. The first-order chi connectivity index (χ1) is 5.67. The van der Waals surface area contributed by atoms with Crippen molar-refractivity contribution in [2.24, 2.45) is 5.92 Å². The van der Waals surface area contributed by atoms with Crippen LogP contribution in [-0.2, 0) is 9.53 Å². The minimum absolute atomic E-state index is 0.303. The molecule has 1 saturated carbocycles. The third-order valence-electron chi connectivity index (χ3n) is 2.89. The molecule has 1 aliphatic carbocycles. The highest BCUT2D eigenvalue weighted by atomic mass is 16.5. The molecule has 0 aromatic carbocycles. The summed E-state index contributed by atoms with van der Waals surface area (Å²) in [5, 5.41) is 0. The summed E-state index contributed by atoms with van der Waals surface area (Å²) in [4.78, 5) is 10.1. The van der Waals surface area contributed by atoms with Gasteiger partial charge in [-0.3, -0.25) is 0 Å². The maximum absolute atomic E-state index is 10.1. The molecule has 69 valence electrons. The topological polar surface area (TPSA) is 26.3 Å². The summed E-state index contributed by atoms with van der Waals surface area (Å²) in [7, 11) is 0. The smallest absolute Gasteiger partial charge is 0.418 e. The third kappa shape index (κ3) is 2.23. The van der Waals surface area contributed by atoms with Crippen molar-refractivity contribution in [3.8, 4) is 0 Å². The van der Waals surface area contributed by atoms with E-state index in [0.29, 0.717) is 5.92 Å². The average molecular weight is 169 g/mol. The van der Waals surface area contributed by atoms with Crippen LogP contribution in [0.15, 0.2) is 0 Å². The second kappa shape index (κ2) is 3.92. The quantitative estimate of drug-likeness (QED) is 0.648. The molecule has 0 heterocycles. The minimum atomic E-state index is -0.303. The van der Waals surface area contributed by atoms with Crippen molar-refractivity contribution in [3.63, 3.8) is 0 Å². The van der Waals surface area contributed by atoms with Gasteiger partial charge >= 0.3 is 6.47 Å². The molecule has 1 aliphatic rings. The second-order valence-corrected chi connectivity index (χ2v) is 4.12. The summed E-state index contributed by atoms with van der Waals surface area (Å²) in [6.07, 6.45) is 6.26. The lowest BCUT2D eigenvalue weighted by Crippen LogP contribution is -2.35. The molecule has 0 atom stereocenters. The average Bonchev–Trinajstić information content (AvgIpc) is 2.06. The van der Waals surface area contributed by atoms with Gasteiger partial charge < -0.3 is 4.74 Å². The molecule has 0 aromatic heterocycles. The van der Waals surface area contributed by atoms with Gasteiger partial charge in [0.15, 0.2) is 0 Å². The molecule has 0 unspecified atom stereocenters. The normalized spacial score (nSPS) is 20.5. The Kier molecular flexibility index (Phi) is 3.12.